The fourth-order valence-electron chi connectivity index (χ4n) is 3.09. The molecule has 4 rings (SSSR count). The summed E-state index contributed by atoms with van der Waals surface area (Å²) in [5.74, 6) is -0.224. The van der Waals surface area contributed by atoms with Gasteiger partial charge in [-0.3, -0.25) is 14.2 Å². The van der Waals surface area contributed by atoms with Crippen LogP contribution in [-0.2, 0) is 4.79 Å². The van der Waals surface area contributed by atoms with E-state index in [4.69, 9.17) is 28.2 Å². The first-order valence-electron chi connectivity index (χ1n) is 9.31. The lowest BCUT2D eigenvalue weighted by Gasteiger charge is -2.12. The first-order valence-corrected chi connectivity index (χ1v) is 11.9. The van der Waals surface area contributed by atoms with Crippen molar-refractivity contribution in [3.63, 3.8) is 0 Å². The lowest BCUT2D eigenvalue weighted by Crippen LogP contribution is -2.22. The Morgan fingerprint density at radius 2 is 1.90 bits per heavy atom. The Morgan fingerprint density at radius 3 is 2.65 bits per heavy atom. The number of benzene rings is 2. The maximum Gasteiger partial charge on any atom is 0.267 e. The molecule has 0 aliphatic carbocycles. The van der Waals surface area contributed by atoms with Crippen LogP contribution >= 0.6 is 46.3 Å². The number of halogens is 2. The normalized spacial score (nSPS) is 11.1. The molecule has 0 fully saturated rings. The van der Waals surface area contributed by atoms with Gasteiger partial charge in [-0.1, -0.05) is 53.2 Å². The first kappa shape index (κ1) is 21.9. The van der Waals surface area contributed by atoms with Gasteiger partial charge in [0, 0.05) is 9.90 Å². The van der Waals surface area contributed by atoms with Crippen LogP contribution in [0.1, 0.15) is 10.4 Å². The number of para-hydroxylation sites is 1. The van der Waals surface area contributed by atoms with Gasteiger partial charge in [0.2, 0.25) is 5.91 Å². The maximum absolute atomic E-state index is 13.4. The van der Waals surface area contributed by atoms with Crippen LogP contribution < -0.4 is 10.9 Å². The molecule has 0 saturated heterocycles. The zero-order chi connectivity index (χ0) is 22.1. The Bertz CT molecular complexity index is 1350. The van der Waals surface area contributed by atoms with E-state index < -0.39 is 0 Å². The highest BCUT2D eigenvalue weighted by Crippen LogP contribution is 2.30. The summed E-state index contributed by atoms with van der Waals surface area (Å²) >= 11 is 14.8. The first-order chi connectivity index (χ1) is 14.8. The molecule has 2 heterocycles. The summed E-state index contributed by atoms with van der Waals surface area (Å²) in [6.07, 6.45) is 0. The molecule has 0 aliphatic rings. The van der Waals surface area contributed by atoms with Crippen molar-refractivity contribution >= 4 is 68.1 Å². The van der Waals surface area contributed by atoms with Crippen molar-refractivity contribution in [3.8, 4) is 5.69 Å². The Kier molecular flexibility index (Phi) is 6.39. The molecule has 158 valence electrons. The third-order valence-corrected chi connectivity index (χ3v) is 7.33. The predicted octanol–water partition coefficient (Wildman–Crippen LogP) is 6.10. The van der Waals surface area contributed by atoms with Crippen LogP contribution in [0.25, 0.3) is 15.9 Å². The van der Waals surface area contributed by atoms with Crippen LogP contribution in [0.15, 0.2) is 58.5 Å². The van der Waals surface area contributed by atoms with E-state index in [0.717, 1.165) is 10.4 Å². The standard InChI is InChI=1S/C22H17Cl2N3O2S2/c1-12-13(2)31-20-19(12)21(29)27(15-6-4-3-5-7-15)22(26-20)30-11-18(28)25-17-10-14(23)8-9-16(17)24/h3-10H,11H2,1-2H3,(H,25,28). The van der Waals surface area contributed by atoms with E-state index >= 15 is 0 Å². The van der Waals surface area contributed by atoms with E-state index in [1.165, 1.54) is 23.1 Å². The summed E-state index contributed by atoms with van der Waals surface area (Å²) in [7, 11) is 0. The molecule has 0 bridgehead atoms. The average molecular weight is 490 g/mol. The summed E-state index contributed by atoms with van der Waals surface area (Å²) in [4.78, 5) is 32.4. The molecule has 4 aromatic rings. The van der Waals surface area contributed by atoms with Gasteiger partial charge in [-0.05, 0) is 49.7 Å². The number of aromatic nitrogens is 2. The lowest BCUT2D eigenvalue weighted by molar-refractivity contribution is -0.113. The number of aryl methyl sites for hydroxylation is 2. The number of nitrogens with zero attached hydrogens (tertiary/aromatic N) is 2. The van der Waals surface area contributed by atoms with E-state index in [-0.39, 0.29) is 17.2 Å². The number of rotatable bonds is 5. The molecule has 2 aromatic heterocycles. The number of carbonyl (C=O) groups is 1. The molecular formula is C22H17Cl2N3O2S2. The minimum absolute atomic E-state index is 0.0525. The van der Waals surface area contributed by atoms with Crippen molar-refractivity contribution < 1.29 is 4.79 Å². The van der Waals surface area contributed by atoms with Gasteiger partial charge in [-0.2, -0.15) is 0 Å². The minimum Gasteiger partial charge on any atom is -0.324 e. The second-order valence-corrected chi connectivity index (χ2v) is 9.78. The third-order valence-electron chi connectivity index (χ3n) is 4.72. The van der Waals surface area contributed by atoms with Crippen LogP contribution in [0, 0.1) is 13.8 Å². The SMILES string of the molecule is Cc1sc2nc(SCC(=O)Nc3cc(Cl)ccc3Cl)n(-c3ccccc3)c(=O)c2c1C. The molecule has 31 heavy (non-hydrogen) atoms. The largest absolute Gasteiger partial charge is 0.324 e. The van der Waals surface area contributed by atoms with Gasteiger partial charge in [0.15, 0.2) is 5.16 Å². The van der Waals surface area contributed by atoms with Gasteiger partial charge in [0.05, 0.1) is 27.5 Å². The topological polar surface area (TPSA) is 64.0 Å². The number of thiophene rings is 1. The maximum atomic E-state index is 13.4. The highest BCUT2D eigenvalue weighted by atomic mass is 35.5. The molecule has 0 unspecified atom stereocenters. The zero-order valence-electron chi connectivity index (χ0n) is 16.6. The quantitative estimate of drug-likeness (QED) is 0.271. The molecule has 0 spiro atoms. The highest BCUT2D eigenvalue weighted by Gasteiger charge is 2.19. The van der Waals surface area contributed by atoms with Gasteiger partial charge in [0.25, 0.3) is 5.56 Å². The molecule has 5 nitrogen and oxygen atoms in total. The summed E-state index contributed by atoms with van der Waals surface area (Å²) in [6, 6.07) is 14.2. The van der Waals surface area contributed by atoms with Crippen molar-refractivity contribution in [2.24, 2.45) is 0 Å². The van der Waals surface area contributed by atoms with Crippen LogP contribution in [0.5, 0.6) is 0 Å². The summed E-state index contributed by atoms with van der Waals surface area (Å²) in [5, 5.41) is 4.70. The van der Waals surface area contributed by atoms with Crippen molar-refractivity contribution in [3.05, 3.63) is 79.4 Å². The zero-order valence-corrected chi connectivity index (χ0v) is 19.8. The molecule has 9 heteroatoms. The van der Waals surface area contributed by atoms with Gasteiger partial charge < -0.3 is 5.32 Å². The van der Waals surface area contributed by atoms with E-state index in [2.05, 4.69) is 5.32 Å². The van der Waals surface area contributed by atoms with Crippen LogP contribution in [-0.4, -0.2) is 21.2 Å². The number of carbonyl (C=O) groups excluding carboxylic acids is 1. The van der Waals surface area contributed by atoms with Crippen LogP contribution in [0.2, 0.25) is 10.0 Å². The van der Waals surface area contributed by atoms with E-state index in [0.29, 0.717) is 36.8 Å². The molecule has 0 saturated carbocycles. The number of anilines is 1. The highest BCUT2D eigenvalue weighted by molar-refractivity contribution is 7.99. The number of fused-ring (bicyclic) bond motifs is 1. The molecule has 1 N–H and O–H groups in total. The second-order valence-electron chi connectivity index (χ2n) is 6.79. The van der Waals surface area contributed by atoms with Crippen molar-refractivity contribution in [1.82, 2.24) is 9.55 Å². The number of amides is 1. The Balaban J connectivity index is 1.69. The van der Waals surface area contributed by atoms with Gasteiger partial charge >= 0.3 is 0 Å². The van der Waals surface area contributed by atoms with Crippen LogP contribution in [0.3, 0.4) is 0 Å². The second kappa shape index (κ2) is 9.04. The molecule has 0 atom stereocenters. The van der Waals surface area contributed by atoms with E-state index in [9.17, 15) is 9.59 Å². The van der Waals surface area contributed by atoms with Crippen molar-refractivity contribution in [2.75, 3.05) is 11.1 Å². The van der Waals surface area contributed by atoms with Crippen molar-refractivity contribution in [1.29, 1.82) is 0 Å². The molecule has 0 radical (unpaired) electrons. The van der Waals surface area contributed by atoms with Gasteiger partial charge in [-0.25, -0.2) is 4.98 Å². The smallest absolute Gasteiger partial charge is 0.267 e. The summed E-state index contributed by atoms with van der Waals surface area (Å²) in [5.41, 5.74) is 1.94. The number of nitrogens with one attached hydrogen (secondary N) is 1. The number of thioether (sulfide) groups is 1. The van der Waals surface area contributed by atoms with Gasteiger partial charge in [0.1, 0.15) is 4.83 Å². The van der Waals surface area contributed by atoms with Crippen LogP contribution in [0.4, 0.5) is 5.69 Å². The molecule has 1 amide bonds. The molecule has 0 aliphatic heterocycles. The van der Waals surface area contributed by atoms with Crippen molar-refractivity contribution in [2.45, 2.75) is 19.0 Å². The minimum atomic E-state index is -0.276. The Labute approximate surface area is 197 Å². The summed E-state index contributed by atoms with van der Waals surface area (Å²) in [6.45, 7) is 3.91. The summed E-state index contributed by atoms with van der Waals surface area (Å²) < 4.78 is 1.56. The Morgan fingerprint density at radius 1 is 1.16 bits per heavy atom. The third kappa shape index (κ3) is 4.50. The average Bonchev–Trinajstić information content (AvgIpc) is 3.03. The predicted molar refractivity (Wildman–Crippen MR) is 131 cm³/mol. The molecule has 2 aromatic carbocycles. The van der Waals surface area contributed by atoms with Gasteiger partial charge in [-0.15, -0.1) is 11.3 Å². The Hall–Kier alpha value is -2.32. The fraction of sp³-hybridized carbons (Fsp3) is 0.136. The fourth-order valence-corrected chi connectivity index (χ4v) is 5.31. The lowest BCUT2D eigenvalue weighted by atomic mass is 10.2. The monoisotopic (exact) mass is 489 g/mol. The van der Waals surface area contributed by atoms with E-state index in [1.54, 1.807) is 22.8 Å². The number of hydrogen-bond acceptors (Lipinski definition) is 5. The number of hydrogen-bond donors (Lipinski definition) is 1. The molecular weight excluding hydrogens is 473 g/mol. The van der Waals surface area contributed by atoms with E-state index in [1.807, 2.05) is 44.2 Å².